The molecule has 0 aliphatic carbocycles. The fourth-order valence-corrected chi connectivity index (χ4v) is 1.93. The van der Waals surface area contributed by atoms with Gasteiger partial charge in [0.05, 0.1) is 5.52 Å². The summed E-state index contributed by atoms with van der Waals surface area (Å²) in [4.78, 5) is 12.1. The molecule has 0 saturated carbocycles. The summed E-state index contributed by atoms with van der Waals surface area (Å²) in [6.45, 7) is 4.11. The number of fused-ring (bicyclic) bond motifs is 1. The van der Waals surface area contributed by atoms with Crippen LogP contribution in [0.2, 0.25) is 0 Å². The number of amides is 1. The van der Waals surface area contributed by atoms with Crippen molar-refractivity contribution < 1.29 is 9.90 Å². The maximum absolute atomic E-state index is 12.1. The van der Waals surface area contributed by atoms with Crippen molar-refractivity contribution in [3.63, 3.8) is 0 Å². The van der Waals surface area contributed by atoms with Crippen LogP contribution in [-0.2, 0) is 7.05 Å². The van der Waals surface area contributed by atoms with Crippen LogP contribution in [0.15, 0.2) is 24.3 Å². The van der Waals surface area contributed by atoms with Gasteiger partial charge in [0.2, 0.25) is 0 Å². The highest BCUT2D eigenvalue weighted by Gasteiger charge is 2.16. The molecule has 0 spiro atoms. The predicted octanol–water partition coefficient (Wildman–Crippen LogP) is 1.35. The van der Waals surface area contributed by atoms with Crippen molar-refractivity contribution in [3.05, 3.63) is 30.0 Å². The molecular weight excluding hydrogens is 242 g/mol. The smallest absolute Gasteiger partial charge is 0.267 e. The first-order valence-electron chi connectivity index (χ1n) is 6.13. The number of rotatable bonds is 3. The van der Waals surface area contributed by atoms with Crippen molar-refractivity contribution in [2.45, 2.75) is 19.4 Å². The Kier molecular flexibility index (Phi) is 3.24. The maximum Gasteiger partial charge on any atom is 0.267 e. The fraction of sp³-hybridized carbons (Fsp3) is 0.357. The number of hydrogen-bond donors (Lipinski definition) is 3. The van der Waals surface area contributed by atoms with Crippen LogP contribution in [0.1, 0.15) is 24.3 Å². The van der Waals surface area contributed by atoms with Crippen LogP contribution >= 0.6 is 0 Å². The molecule has 0 radical (unpaired) electrons. The topological polar surface area (TPSA) is 80.3 Å². The SMILES string of the molecule is Cn1c(C(=O)NCC(C)(C)N)cc2ccc(O)cc21. The van der Waals surface area contributed by atoms with Crippen LogP contribution in [0.25, 0.3) is 10.9 Å². The van der Waals surface area contributed by atoms with Crippen LogP contribution in [-0.4, -0.2) is 27.7 Å². The lowest BCUT2D eigenvalue weighted by atomic mass is 10.1. The summed E-state index contributed by atoms with van der Waals surface area (Å²) >= 11 is 0. The minimum absolute atomic E-state index is 0.170. The Morgan fingerprint density at radius 2 is 2.11 bits per heavy atom. The van der Waals surface area contributed by atoms with Crippen molar-refractivity contribution in [1.82, 2.24) is 9.88 Å². The third kappa shape index (κ3) is 2.88. The molecule has 0 atom stereocenters. The molecule has 1 aromatic heterocycles. The third-order valence-corrected chi connectivity index (χ3v) is 2.97. The van der Waals surface area contributed by atoms with E-state index in [-0.39, 0.29) is 11.7 Å². The molecule has 1 heterocycles. The molecular formula is C14H19N3O2. The molecule has 2 aromatic rings. The van der Waals surface area contributed by atoms with Crippen LogP contribution in [0, 0.1) is 0 Å². The van der Waals surface area contributed by atoms with E-state index in [9.17, 15) is 9.90 Å². The van der Waals surface area contributed by atoms with Gasteiger partial charge in [0, 0.05) is 30.6 Å². The van der Waals surface area contributed by atoms with Crippen molar-refractivity contribution in [3.8, 4) is 5.75 Å². The highest BCUT2D eigenvalue weighted by atomic mass is 16.3. The Morgan fingerprint density at radius 3 is 2.74 bits per heavy atom. The van der Waals surface area contributed by atoms with Crippen molar-refractivity contribution >= 4 is 16.8 Å². The molecule has 0 aliphatic heterocycles. The van der Waals surface area contributed by atoms with Crippen molar-refractivity contribution in [2.24, 2.45) is 12.8 Å². The highest BCUT2D eigenvalue weighted by Crippen LogP contribution is 2.23. The zero-order valence-corrected chi connectivity index (χ0v) is 11.4. The summed E-state index contributed by atoms with van der Waals surface area (Å²) in [5.74, 6) is 0.0143. The normalized spacial score (nSPS) is 11.8. The first-order chi connectivity index (χ1) is 8.78. The number of aromatic hydroxyl groups is 1. The summed E-state index contributed by atoms with van der Waals surface area (Å²) in [6.07, 6.45) is 0. The number of phenolic OH excluding ortho intramolecular Hbond substituents is 1. The van der Waals surface area contributed by atoms with Gasteiger partial charge < -0.3 is 20.7 Å². The Labute approximate surface area is 112 Å². The summed E-state index contributed by atoms with van der Waals surface area (Å²) < 4.78 is 1.76. The van der Waals surface area contributed by atoms with Crippen LogP contribution in [0.3, 0.4) is 0 Å². The zero-order chi connectivity index (χ0) is 14.2. The molecule has 0 saturated heterocycles. The number of nitrogens with two attached hydrogens (primary N) is 1. The first kappa shape index (κ1) is 13.4. The third-order valence-electron chi connectivity index (χ3n) is 2.97. The number of carbonyl (C=O) groups is 1. The fourth-order valence-electron chi connectivity index (χ4n) is 1.93. The molecule has 5 nitrogen and oxygen atoms in total. The van der Waals surface area contributed by atoms with Gasteiger partial charge in [-0.2, -0.15) is 0 Å². The molecule has 0 fully saturated rings. The van der Waals surface area contributed by atoms with Gasteiger partial charge in [0.1, 0.15) is 11.4 Å². The molecule has 0 unspecified atom stereocenters. The zero-order valence-electron chi connectivity index (χ0n) is 11.4. The summed E-state index contributed by atoms with van der Waals surface area (Å²) in [7, 11) is 1.80. The molecule has 0 aliphatic rings. The van der Waals surface area contributed by atoms with Gasteiger partial charge in [-0.05, 0) is 32.0 Å². The molecule has 2 rings (SSSR count). The largest absolute Gasteiger partial charge is 0.508 e. The van der Waals surface area contributed by atoms with E-state index in [2.05, 4.69) is 5.32 Å². The number of hydrogen-bond acceptors (Lipinski definition) is 3. The van der Waals surface area contributed by atoms with E-state index < -0.39 is 5.54 Å². The van der Waals surface area contributed by atoms with E-state index in [1.54, 1.807) is 35.9 Å². The molecule has 19 heavy (non-hydrogen) atoms. The van der Waals surface area contributed by atoms with E-state index in [4.69, 9.17) is 5.73 Å². The second kappa shape index (κ2) is 4.59. The van der Waals surface area contributed by atoms with E-state index in [0.717, 1.165) is 10.9 Å². The number of carbonyl (C=O) groups excluding carboxylic acids is 1. The lowest BCUT2D eigenvalue weighted by Crippen LogP contribution is -2.45. The van der Waals surface area contributed by atoms with Gasteiger partial charge in [0.15, 0.2) is 0 Å². The molecule has 1 aromatic carbocycles. The van der Waals surface area contributed by atoms with Gasteiger partial charge >= 0.3 is 0 Å². The number of phenols is 1. The average Bonchev–Trinajstić information content (AvgIpc) is 2.63. The van der Waals surface area contributed by atoms with Crippen molar-refractivity contribution in [2.75, 3.05) is 6.54 Å². The van der Waals surface area contributed by atoms with Crippen molar-refractivity contribution in [1.29, 1.82) is 0 Å². The number of nitrogens with one attached hydrogen (secondary N) is 1. The monoisotopic (exact) mass is 261 g/mol. The van der Waals surface area contributed by atoms with Gasteiger partial charge in [-0.25, -0.2) is 0 Å². The average molecular weight is 261 g/mol. The lowest BCUT2D eigenvalue weighted by molar-refractivity contribution is 0.0938. The second-order valence-corrected chi connectivity index (χ2v) is 5.50. The molecule has 4 N–H and O–H groups in total. The quantitative estimate of drug-likeness (QED) is 0.780. The van der Waals surface area contributed by atoms with Gasteiger partial charge in [-0.15, -0.1) is 0 Å². The number of aromatic nitrogens is 1. The minimum atomic E-state index is -0.446. The van der Waals surface area contributed by atoms with E-state index in [1.807, 2.05) is 13.8 Å². The predicted molar refractivity (Wildman–Crippen MR) is 75.2 cm³/mol. The maximum atomic E-state index is 12.1. The van der Waals surface area contributed by atoms with Crippen LogP contribution in [0.5, 0.6) is 5.75 Å². The highest BCUT2D eigenvalue weighted by molar-refractivity contribution is 5.99. The second-order valence-electron chi connectivity index (χ2n) is 5.50. The Hall–Kier alpha value is -2.01. The standard InChI is InChI=1S/C14H19N3O2/c1-14(2,15)8-16-13(19)12-6-9-4-5-10(18)7-11(9)17(12)3/h4-7,18H,8,15H2,1-3H3,(H,16,19). The molecule has 5 heteroatoms. The molecule has 0 bridgehead atoms. The Bertz CT molecular complexity index is 623. The van der Waals surface area contributed by atoms with Crippen LogP contribution in [0.4, 0.5) is 0 Å². The number of nitrogens with zero attached hydrogens (tertiary/aromatic N) is 1. The number of aryl methyl sites for hydroxylation is 1. The van der Waals surface area contributed by atoms with E-state index in [1.165, 1.54) is 0 Å². The molecule has 1 amide bonds. The summed E-state index contributed by atoms with van der Waals surface area (Å²) in [5.41, 5.74) is 6.76. The van der Waals surface area contributed by atoms with Gasteiger partial charge in [-0.3, -0.25) is 4.79 Å². The number of benzene rings is 1. The lowest BCUT2D eigenvalue weighted by Gasteiger charge is -2.18. The van der Waals surface area contributed by atoms with E-state index >= 15 is 0 Å². The Balaban J connectivity index is 2.30. The first-order valence-corrected chi connectivity index (χ1v) is 6.13. The van der Waals surface area contributed by atoms with Gasteiger partial charge in [0.25, 0.3) is 5.91 Å². The van der Waals surface area contributed by atoms with Gasteiger partial charge in [-0.1, -0.05) is 0 Å². The van der Waals surface area contributed by atoms with E-state index in [0.29, 0.717) is 12.2 Å². The summed E-state index contributed by atoms with van der Waals surface area (Å²) in [5, 5.41) is 13.2. The summed E-state index contributed by atoms with van der Waals surface area (Å²) in [6, 6.07) is 6.83. The Morgan fingerprint density at radius 1 is 1.42 bits per heavy atom. The molecule has 102 valence electrons. The van der Waals surface area contributed by atoms with Crippen LogP contribution < -0.4 is 11.1 Å². The minimum Gasteiger partial charge on any atom is -0.508 e.